The largest absolute Gasteiger partial charge is 0.494 e. The molecule has 0 radical (unpaired) electrons. The summed E-state index contributed by atoms with van der Waals surface area (Å²) in [5.74, 6) is 1.88. The maximum Gasteiger partial charge on any atom is 0.119 e. The van der Waals surface area contributed by atoms with Crippen molar-refractivity contribution in [3.05, 3.63) is 48.5 Å². The Balaban J connectivity index is 2.08. The van der Waals surface area contributed by atoms with E-state index in [0.717, 1.165) is 11.5 Å². The van der Waals surface area contributed by atoms with Gasteiger partial charge in [0, 0.05) is 17.2 Å². The summed E-state index contributed by atoms with van der Waals surface area (Å²) in [6.07, 6.45) is 0. The zero-order chi connectivity index (χ0) is 13.5. The quantitative estimate of drug-likeness (QED) is 0.813. The highest BCUT2D eigenvalue weighted by atomic mass is 32.2. The van der Waals surface area contributed by atoms with Gasteiger partial charge in [0.1, 0.15) is 5.75 Å². The predicted octanol–water partition coefficient (Wildman–Crippen LogP) is 3.80. The van der Waals surface area contributed by atoms with Crippen LogP contribution in [0.5, 0.6) is 5.75 Å². The van der Waals surface area contributed by atoms with Gasteiger partial charge in [-0.1, -0.05) is 24.3 Å². The number of hydrogen-bond acceptors (Lipinski definition) is 3. The molecule has 2 aromatic carbocycles. The van der Waals surface area contributed by atoms with Gasteiger partial charge < -0.3 is 10.5 Å². The first kappa shape index (κ1) is 14.0. The molecule has 0 fully saturated rings. The minimum atomic E-state index is 0.701. The van der Waals surface area contributed by atoms with Crippen molar-refractivity contribution in [1.29, 1.82) is 0 Å². The van der Waals surface area contributed by atoms with E-state index < -0.39 is 0 Å². The SMILES string of the molecule is CCOc1ccc(-c2ccc(SCCN)cc2)cc1. The number of thioether (sulfide) groups is 1. The lowest BCUT2D eigenvalue weighted by atomic mass is 10.1. The van der Waals surface area contributed by atoms with Crippen molar-refractivity contribution in [1.82, 2.24) is 0 Å². The number of nitrogens with two attached hydrogens (primary N) is 1. The molecule has 0 unspecified atom stereocenters. The summed E-state index contributed by atoms with van der Waals surface area (Å²) in [6.45, 7) is 3.41. The van der Waals surface area contributed by atoms with Crippen LogP contribution in [0.1, 0.15) is 6.92 Å². The Morgan fingerprint density at radius 3 is 2.05 bits per heavy atom. The van der Waals surface area contributed by atoms with Crippen LogP contribution < -0.4 is 10.5 Å². The van der Waals surface area contributed by atoms with Gasteiger partial charge in [0.05, 0.1) is 6.61 Å². The van der Waals surface area contributed by atoms with Crippen LogP contribution >= 0.6 is 11.8 Å². The standard InChI is InChI=1S/C16H19NOS/c1-2-18-15-7-3-13(4-8-15)14-5-9-16(10-6-14)19-12-11-17/h3-10H,2,11-12,17H2,1H3. The Labute approximate surface area is 119 Å². The van der Waals surface area contributed by atoms with Gasteiger partial charge >= 0.3 is 0 Å². The van der Waals surface area contributed by atoms with E-state index in [-0.39, 0.29) is 0 Å². The summed E-state index contributed by atoms with van der Waals surface area (Å²) >= 11 is 1.79. The summed E-state index contributed by atoms with van der Waals surface area (Å²) in [7, 11) is 0. The molecule has 0 saturated heterocycles. The second kappa shape index (κ2) is 7.22. The fraction of sp³-hybridized carbons (Fsp3) is 0.250. The van der Waals surface area contributed by atoms with Crippen LogP contribution in [0.15, 0.2) is 53.4 Å². The van der Waals surface area contributed by atoms with E-state index in [2.05, 4.69) is 36.4 Å². The Hall–Kier alpha value is -1.45. The lowest BCUT2D eigenvalue weighted by Gasteiger charge is -2.06. The molecule has 0 aliphatic heterocycles. The second-order valence-electron chi connectivity index (χ2n) is 4.12. The molecule has 0 saturated carbocycles. The predicted molar refractivity (Wildman–Crippen MR) is 82.8 cm³/mol. The summed E-state index contributed by atoms with van der Waals surface area (Å²) in [6, 6.07) is 16.8. The molecule has 0 amide bonds. The first-order valence-electron chi connectivity index (χ1n) is 6.49. The fourth-order valence-electron chi connectivity index (χ4n) is 1.83. The zero-order valence-corrected chi connectivity index (χ0v) is 12.0. The Bertz CT molecular complexity index is 493. The molecule has 0 heterocycles. The molecule has 2 nitrogen and oxygen atoms in total. The third kappa shape index (κ3) is 4.01. The van der Waals surface area contributed by atoms with Crippen LogP contribution in [0, 0.1) is 0 Å². The van der Waals surface area contributed by atoms with E-state index in [9.17, 15) is 0 Å². The second-order valence-corrected chi connectivity index (χ2v) is 5.29. The molecule has 100 valence electrons. The van der Waals surface area contributed by atoms with Crippen LogP contribution in [0.4, 0.5) is 0 Å². The number of hydrogen-bond donors (Lipinski definition) is 1. The first-order valence-corrected chi connectivity index (χ1v) is 7.48. The van der Waals surface area contributed by atoms with Gasteiger partial charge in [0.15, 0.2) is 0 Å². The molecule has 19 heavy (non-hydrogen) atoms. The first-order chi connectivity index (χ1) is 9.33. The lowest BCUT2D eigenvalue weighted by molar-refractivity contribution is 0.340. The van der Waals surface area contributed by atoms with Gasteiger partial charge in [-0.3, -0.25) is 0 Å². The highest BCUT2D eigenvalue weighted by Crippen LogP contribution is 2.25. The smallest absolute Gasteiger partial charge is 0.119 e. The van der Waals surface area contributed by atoms with E-state index in [1.807, 2.05) is 19.1 Å². The van der Waals surface area contributed by atoms with E-state index in [0.29, 0.717) is 13.2 Å². The van der Waals surface area contributed by atoms with Crippen LogP contribution in [0.2, 0.25) is 0 Å². The van der Waals surface area contributed by atoms with Crippen molar-refractivity contribution in [2.24, 2.45) is 5.73 Å². The minimum absolute atomic E-state index is 0.701. The van der Waals surface area contributed by atoms with Gasteiger partial charge in [0.2, 0.25) is 0 Å². The average molecular weight is 273 g/mol. The molecule has 0 bridgehead atoms. The Morgan fingerprint density at radius 2 is 1.53 bits per heavy atom. The van der Waals surface area contributed by atoms with Gasteiger partial charge in [-0.15, -0.1) is 11.8 Å². The van der Waals surface area contributed by atoms with Gasteiger partial charge in [-0.25, -0.2) is 0 Å². The normalized spacial score (nSPS) is 10.4. The van der Waals surface area contributed by atoms with Crippen molar-refractivity contribution in [3.8, 4) is 16.9 Å². The summed E-state index contributed by atoms with van der Waals surface area (Å²) < 4.78 is 5.44. The van der Waals surface area contributed by atoms with Crippen molar-refractivity contribution in [3.63, 3.8) is 0 Å². The number of benzene rings is 2. The molecule has 0 aromatic heterocycles. The summed E-state index contributed by atoms with van der Waals surface area (Å²) in [4.78, 5) is 1.26. The Morgan fingerprint density at radius 1 is 0.947 bits per heavy atom. The molecule has 0 atom stereocenters. The lowest BCUT2D eigenvalue weighted by Crippen LogP contribution is -2.00. The van der Waals surface area contributed by atoms with E-state index in [4.69, 9.17) is 10.5 Å². The van der Waals surface area contributed by atoms with Gasteiger partial charge in [0.25, 0.3) is 0 Å². The van der Waals surface area contributed by atoms with Gasteiger partial charge in [-0.2, -0.15) is 0 Å². The van der Waals surface area contributed by atoms with Crippen LogP contribution in [-0.4, -0.2) is 18.9 Å². The third-order valence-corrected chi connectivity index (χ3v) is 3.78. The molecule has 0 spiro atoms. The van der Waals surface area contributed by atoms with E-state index >= 15 is 0 Å². The van der Waals surface area contributed by atoms with Crippen molar-refractivity contribution in [2.75, 3.05) is 18.9 Å². The molecule has 3 heteroatoms. The highest BCUT2D eigenvalue weighted by molar-refractivity contribution is 7.99. The maximum absolute atomic E-state index is 5.50. The fourth-order valence-corrected chi connectivity index (χ4v) is 2.51. The highest BCUT2D eigenvalue weighted by Gasteiger charge is 1.99. The maximum atomic E-state index is 5.50. The topological polar surface area (TPSA) is 35.2 Å². The third-order valence-electron chi connectivity index (χ3n) is 2.74. The summed E-state index contributed by atoms with van der Waals surface area (Å²) in [5.41, 5.74) is 7.93. The molecular weight excluding hydrogens is 254 g/mol. The molecule has 0 aliphatic carbocycles. The average Bonchev–Trinajstić information content (AvgIpc) is 2.47. The molecule has 2 rings (SSSR count). The number of ether oxygens (including phenoxy) is 1. The van der Waals surface area contributed by atoms with Crippen LogP contribution in [-0.2, 0) is 0 Å². The van der Waals surface area contributed by atoms with Crippen molar-refractivity contribution >= 4 is 11.8 Å². The minimum Gasteiger partial charge on any atom is -0.494 e. The van der Waals surface area contributed by atoms with E-state index in [1.165, 1.54) is 16.0 Å². The molecule has 0 aliphatic rings. The van der Waals surface area contributed by atoms with Crippen LogP contribution in [0.3, 0.4) is 0 Å². The van der Waals surface area contributed by atoms with E-state index in [1.54, 1.807) is 11.8 Å². The zero-order valence-electron chi connectivity index (χ0n) is 11.1. The Kier molecular flexibility index (Phi) is 5.31. The van der Waals surface area contributed by atoms with Crippen molar-refractivity contribution < 1.29 is 4.74 Å². The summed E-state index contributed by atoms with van der Waals surface area (Å²) in [5, 5.41) is 0. The molecule has 2 aromatic rings. The van der Waals surface area contributed by atoms with Crippen molar-refractivity contribution in [2.45, 2.75) is 11.8 Å². The van der Waals surface area contributed by atoms with Crippen LogP contribution in [0.25, 0.3) is 11.1 Å². The number of rotatable bonds is 6. The molecule has 2 N–H and O–H groups in total. The molecular formula is C16H19NOS. The van der Waals surface area contributed by atoms with Gasteiger partial charge in [-0.05, 0) is 42.3 Å². The monoisotopic (exact) mass is 273 g/mol.